The maximum Gasteiger partial charge on any atom is 0.306 e. The van der Waals surface area contributed by atoms with Gasteiger partial charge in [-0.2, -0.15) is 0 Å². The Morgan fingerprint density at radius 3 is 0.877 bits per heavy atom. The molecule has 0 fully saturated rings. The minimum absolute atomic E-state index is 0.0873. The van der Waals surface area contributed by atoms with Crippen LogP contribution in [0.3, 0.4) is 0 Å². The first-order valence-electron chi connectivity index (χ1n) is 31.1. The van der Waals surface area contributed by atoms with E-state index in [9.17, 15) is 14.4 Å². The molecule has 0 bridgehead atoms. The molecule has 6 heteroatoms. The first-order chi connectivity index (χ1) is 36.0. The number of allylic oxidation sites excluding steroid dienone is 14. The molecule has 0 aliphatic rings. The summed E-state index contributed by atoms with van der Waals surface area (Å²) >= 11 is 0. The molecule has 0 aliphatic heterocycles. The Balaban J connectivity index is 4.40. The van der Waals surface area contributed by atoms with Crippen LogP contribution in [0.5, 0.6) is 0 Å². The van der Waals surface area contributed by atoms with Crippen LogP contribution >= 0.6 is 0 Å². The lowest BCUT2D eigenvalue weighted by atomic mass is 10.0. The Morgan fingerprint density at radius 2 is 0.534 bits per heavy atom. The molecule has 1 atom stereocenters. The van der Waals surface area contributed by atoms with Crippen molar-refractivity contribution in [1.29, 1.82) is 0 Å². The predicted octanol–water partition coefficient (Wildman–Crippen LogP) is 21.1. The Morgan fingerprint density at radius 1 is 0.288 bits per heavy atom. The Bertz CT molecular complexity index is 1400. The fourth-order valence-corrected chi connectivity index (χ4v) is 8.69. The van der Waals surface area contributed by atoms with Crippen molar-refractivity contribution in [2.75, 3.05) is 13.2 Å². The van der Waals surface area contributed by atoms with Crippen LogP contribution in [0.1, 0.15) is 303 Å². The highest BCUT2D eigenvalue weighted by Gasteiger charge is 2.19. The molecule has 0 unspecified atom stereocenters. The monoisotopic (exact) mass is 1020 g/mol. The van der Waals surface area contributed by atoms with Gasteiger partial charge in [0.05, 0.1) is 0 Å². The van der Waals surface area contributed by atoms with Gasteiger partial charge in [0, 0.05) is 19.3 Å². The van der Waals surface area contributed by atoms with Gasteiger partial charge in [0.15, 0.2) is 6.10 Å². The second kappa shape index (κ2) is 61.1. The van der Waals surface area contributed by atoms with Crippen molar-refractivity contribution >= 4 is 17.9 Å². The molecule has 0 aromatic rings. The van der Waals surface area contributed by atoms with Crippen molar-refractivity contribution in [3.8, 4) is 0 Å². The molecule has 0 amide bonds. The third-order valence-electron chi connectivity index (χ3n) is 13.4. The lowest BCUT2D eigenvalue weighted by molar-refractivity contribution is -0.167. The topological polar surface area (TPSA) is 78.9 Å². The number of ether oxygens (including phenoxy) is 3. The fraction of sp³-hybridized carbons (Fsp3) is 0.746. The SMILES string of the molecule is CC/C=C\C/C=C\C/C=C\C/C=C\CCCCCCC(=O)OC[C@H](COC(=O)CCCCCCCCCCCCC/C=C\CCCCCCCC)OC(=O)CCCCCCCCC/C=C\C/C=C\CCCCC. The number of rotatable bonds is 56. The van der Waals surface area contributed by atoms with Gasteiger partial charge in [0.1, 0.15) is 13.2 Å². The summed E-state index contributed by atoms with van der Waals surface area (Å²) in [5.41, 5.74) is 0. The number of hydrogen-bond acceptors (Lipinski definition) is 6. The lowest BCUT2D eigenvalue weighted by Crippen LogP contribution is -2.30. The largest absolute Gasteiger partial charge is 0.462 e. The molecular weight excluding hydrogens is 901 g/mol. The maximum atomic E-state index is 12.9. The Hall–Kier alpha value is -3.41. The molecule has 0 N–H and O–H groups in total. The van der Waals surface area contributed by atoms with Crippen molar-refractivity contribution < 1.29 is 28.6 Å². The summed E-state index contributed by atoms with van der Waals surface area (Å²) in [4.78, 5) is 38.3. The molecule has 0 rings (SSSR count). The van der Waals surface area contributed by atoms with Gasteiger partial charge in [-0.3, -0.25) is 14.4 Å². The highest BCUT2D eigenvalue weighted by atomic mass is 16.6. The summed E-state index contributed by atoms with van der Waals surface area (Å²) in [6, 6.07) is 0. The van der Waals surface area contributed by atoms with E-state index in [-0.39, 0.29) is 31.1 Å². The van der Waals surface area contributed by atoms with Crippen molar-refractivity contribution in [2.45, 2.75) is 309 Å². The van der Waals surface area contributed by atoms with Crippen LogP contribution in [-0.2, 0) is 28.6 Å². The van der Waals surface area contributed by atoms with Crippen LogP contribution in [-0.4, -0.2) is 37.2 Å². The van der Waals surface area contributed by atoms with E-state index in [0.717, 1.165) is 109 Å². The standard InChI is InChI=1S/C67H116O6/c1-4-7-10-13-16-19-22-25-28-31-32-33-34-37-39-42-45-48-51-54-57-60-66(69)72-63-64(73-67(70)61-58-55-52-49-46-43-40-36-30-27-24-21-18-15-12-9-6-3)62-71-65(68)59-56-53-50-47-44-41-38-35-29-26-23-20-17-14-11-8-5-2/h8,11,17-18,20-21,25-30,38,41,64H,4-7,9-10,12-16,19,22-24,31-37,39-40,42-63H2,1-3H3/b11-8-,20-17-,21-18-,28-25-,29-26-,30-27-,41-38-/t64-/m1/s1. The van der Waals surface area contributed by atoms with Gasteiger partial charge in [0.25, 0.3) is 0 Å². The molecule has 420 valence electrons. The van der Waals surface area contributed by atoms with E-state index in [4.69, 9.17) is 14.2 Å². The molecular formula is C67H116O6. The van der Waals surface area contributed by atoms with E-state index in [1.807, 2.05) is 0 Å². The van der Waals surface area contributed by atoms with Gasteiger partial charge in [0.2, 0.25) is 0 Å². The summed E-state index contributed by atoms with van der Waals surface area (Å²) in [5.74, 6) is -0.910. The maximum absolute atomic E-state index is 12.9. The molecule has 73 heavy (non-hydrogen) atoms. The smallest absolute Gasteiger partial charge is 0.306 e. The van der Waals surface area contributed by atoms with Crippen LogP contribution in [0.15, 0.2) is 85.1 Å². The van der Waals surface area contributed by atoms with Gasteiger partial charge >= 0.3 is 17.9 Å². The van der Waals surface area contributed by atoms with E-state index < -0.39 is 6.10 Å². The summed E-state index contributed by atoms with van der Waals surface area (Å²) in [6.45, 7) is 6.50. The van der Waals surface area contributed by atoms with Gasteiger partial charge < -0.3 is 14.2 Å². The Kier molecular flexibility index (Phi) is 58.3. The third-order valence-corrected chi connectivity index (χ3v) is 13.4. The van der Waals surface area contributed by atoms with E-state index in [2.05, 4.69) is 106 Å². The van der Waals surface area contributed by atoms with E-state index in [1.54, 1.807) is 0 Å². The summed E-state index contributed by atoms with van der Waals surface area (Å²) in [6.07, 6.45) is 80.1. The highest BCUT2D eigenvalue weighted by molar-refractivity contribution is 5.71. The van der Waals surface area contributed by atoms with E-state index in [0.29, 0.717) is 19.3 Å². The van der Waals surface area contributed by atoms with Crippen LogP contribution in [0.2, 0.25) is 0 Å². The van der Waals surface area contributed by atoms with Crippen molar-refractivity contribution in [3.05, 3.63) is 85.1 Å². The molecule has 6 nitrogen and oxygen atoms in total. The molecule has 0 aromatic heterocycles. The summed E-state index contributed by atoms with van der Waals surface area (Å²) in [7, 11) is 0. The molecule has 0 saturated heterocycles. The third kappa shape index (κ3) is 59.3. The number of esters is 3. The second-order valence-corrected chi connectivity index (χ2v) is 20.6. The first-order valence-corrected chi connectivity index (χ1v) is 31.1. The van der Waals surface area contributed by atoms with E-state index >= 15 is 0 Å². The zero-order valence-corrected chi connectivity index (χ0v) is 48.1. The van der Waals surface area contributed by atoms with Crippen LogP contribution in [0.4, 0.5) is 0 Å². The average Bonchev–Trinajstić information content (AvgIpc) is 3.39. The average molecular weight is 1020 g/mol. The number of carbonyl (C=O) groups is 3. The molecule has 0 radical (unpaired) electrons. The lowest BCUT2D eigenvalue weighted by Gasteiger charge is -2.18. The van der Waals surface area contributed by atoms with Crippen LogP contribution in [0, 0.1) is 0 Å². The summed E-state index contributed by atoms with van der Waals surface area (Å²) in [5, 5.41) is 0. The number of hydrogen-bond donors (Lipinski definition) is 0. The molecule has 0 aliphatic carbocycles. The molecule has 0 saturated carbocycles. The van der Waals surface area contributed by atoms with Crippen molar-refractivity contribution in [2.24, 2.45) is 0 Å². The van der Waals surface area contributed by atoms with Crippen molar-refractivity contribution in [1.82, 2.24) is 0 Å². The number of carbonyl (C=O) groups excluding carboxylic acids is 3. The molecule has 0 spiro atoms. The zero-order chi connectivity index (χ0) is 52.9. The predicted molar refractivity (Wildman–Crippen MR) is 316 cm³/mol. The van der Waals surface area contributed by atoms with Crippen molar-refractivity contribution in [3.63, 3.8) is 0 Å². The quantitative estimate of drug-likeness (QED) is 0.0261. The van der Waals surface area contributed by atoms with Crippen LogP contribution in [0.25, 0.3) is 0 Å². The van der Waals surface area contributed by atoms with Crippen LogP contribution < -0.4 is 0 Å². The van der Waals surface area contributed by atoms with Gasteiger partial charge in [-0.05, 0) is 116 Å². The van der Waals surface area contributed by atoms with Gasteiger partial charge in [-0.15, -0.1) is 0 Å². The van der Waals surface area contributed by atoms with Gasteiger partial charge in [-0.1, -0.05) is 254 Å². The zero-order valence-electron chi connectivity index (χ0n) is 48.1. The minimum atomic E-state index is -0.793. The minimum Gasteiger partial charge on any atom is -0.462 e. The van der Waals surface area contributed by atoms with Gasteiger partial charge in [-0.25, -0.2) is 0 Å². The first kappa shape index (κ1) is 69.6. The number of unbranched alkanes of at least 4 members (excludes halogenated alkanes) is 31. The second-order valence-electron chi connectivity index (χ2n) is 20.6. The normalized spacial score (nSPS) is 12.6. The molecule has 0 heterocycles. The highest BCUT2D eigenvalue weighted by Crippen LogP contribution is 2.16. The fourth-order valence-electron chi connectivity index (χ4n) is 8.69. The van der Waals surface area contributed by atoms with E-state index in [1.165, 1.54) is 154 Å². The molecule has 0 aromatic carbocycles. The Labute approximate surface area is 452 Å². The summed E-state index contributed by atoms with van der Waals surface area (Å²) < 4.78 is 16.9.